The van der Waals surface area contributed by atoms with E-state index < -0.39 is 5.95 Å². The normalized spacial score (nSPS) is 10.2. The summed E-state index contributed by atoms with van der Waals surface area (Å²) in [7, 11) is 3.42. The van der Waals surface area contributed by atoms with Crippen LogP contribution in [0.2, 0.25) is 0 Å². The molecule has 1 aromatic heterocycles. The predicted octanol–water partition coefficient (Wildman–Crippen LogP) is 2.59. The van der Waals surface area contributed by atoms with E-state index in [1.807, 2.05) is 12.1 Å². The van der Waals surface area contributed by atoms with Gasteiger partial charge < -0.3 is 4.90 Å². The maximum absolute atomic E-state index is 12.7. The average molecular weight is 244 g/mol. The van der Waals surface area contributed by atoms with Crippen LogP contribution in [-0.2, 0) is 0 Å². The fraction of sp³-hybridized carbons (Fsp3) is 0.143. The Morgan fingerprint density at radius 2 is 1.67 bits per heavy atom. The molecular weight excluding hydrogens is 231 g/mol. The molecule has 1 heterocycles. The van der Waals surface area contributed by atoms with Gasteiger partial charge in [0.05, 0.1) is 0 Å². The summed E-state index contributed by atoms with van der Waals surface area (Å²) in [6.07, 6.45) is 1.47. The second kappa shape index (κ2) is 4.96. The molecule has 0 atom stereocenters. The van der Waals surface area contributed by atoms with E-state index in [1.165, 1.54) is 17.2 Å². The number of benzene rings is 1. The first kappa shape index (κ1) is 12.2. The van der Waals surface area contributed by atoms with Crippen LogP contribution in [0.15, 0.2) is 42.6 Å². The summed E-state index contributed by atoms with van der Waals surface area (Å²) in [5, 5.41) is 0. The maximum atomic E-state index is 12.7. The van der Waals surface area contributed by atoms with E-state index >= 15 is 0 Å². The quantitative estimate of drug-likeness (QED) is 0.761. The average Bonchev–Trinajstić information content (AvgIpc) is 2.39. The molecule has 18 heavy (non-hydrogen) atoms. The SMILES string of the molecule is CN(C)C(=O)c1ccc(-c2ccc(F)nc2)cc1. The fourth-order valence-electron chi connectivity index (χ4n) is 1.61. The van der Waals surface area contributed by atoms with Crippen molar-refractivity contribution in [3.8, 4) is 11.1 Å². The Bertz CT molecular complexity index is 547. The Kier molecular flexibility index (Phi) is 3.37. The topological polar surface area (TPSA) is 33.2 Å². The summed E-state index contributed by atoms with van der Waals surface area (Å²) in [6, 6.07) is 10.1. The molecule has 0 aliphatic heterocycles. The molecule has 92 valence electrons. The van der Waals surface area contributed by atoms with Crippen LogP contribution in [0.4, 0.5) is 4.39 Å². The summed E-state index contributed by atoms with van der Waals surface area (Å²) in [4.78, 5) is 16.8. The number of nitrogens with zero attached hydrogens (tertiary/aromatic N) is 2. The van der Waals surface area contributed by atoms with Crippen molar-refractivity contribution in [2.45, 2.75) is 0 Å². The molecule has 4 heteroatoms. The number of hydrogen-bond donors (Lipinski definition) is 0. The summed E-state index contributed by atoms with van der Waals surface area (Å²) >= 11 is 0. The highest BCUT2D eigenvalue weighted by molar-refractivity contribution is 5.94. The number of carbonyl (C=O) groups excluding carboxylic acids is 1. The fourth-order valence-corrected chi connectivity index (χ4v) is 1.61. The molecule has 2 rings (SSSR count). The molecular formula is C14H13FN2O. The monoisotopic (exact) mass is 244 g/mol. The van der Waals surface area contributed by atoms with Gasteiger partial charge in [-0.25, -0.2) is 4.98 Å². The molecule has 0 radical (unpaired) electrons. The first-order valence-corrected chi connectivity index (χ1v) is 5.51. The van der Waals surface area contributed by atoms with Gasteiger partial charge in [-0.15, -0.1) is 0 Å². The molecule has 0 fully saturated rings. The molecule has 0 saturated carbocycles. The minimum atomic E-state index is -0.502. The number of amides is 1. The molecule has 3 nitrogen and oxygen atoms in total. The lowest BCUT2D eigenvalue weighted by atomic mass is 10.1. The van der Waals surface area contributed by atoms with E-state index in [1.54, 1.807) is 32.3 Å². The van der Waals surface area contributed by atoms with Crippen LogP contribution >= 0.6 is 0 Å². The zero-order valence-corrected chi connectivity index (χ0v) is 10.2. The van der Waals surface area contributed by atoms with Crippen molar-refractivity contribution in [1.29, 1.82) is 0 Å². The molecule has 1 aromatic carbocycles. The van der Waals surface area contributed by atoms with Gasteiger partial charge in [0.1, 0.15) is 0 Å². The number of hydrogen-bond acceptors (Lipinski definition) is 2. The van der Waals surface area contributed by atoms with Gasteiger partial charge in [-0.1, -0.05) is 12.1 Å². The Morgan fingerprint density at radius 3 is 2.17 bits per heavy atom. The van der Waals surface area contributed by atoms with Crippen LogP contribution in [0.1, 0.15) is 10.4 Å². The van der Waals surface area contributed by atoms with Crippen LogP contribution in [0.5, 0.6) is 0 Å². The standard InChI is InChI=1S/C14H13FN2O/c1-17(2)14(18)11-5-3-10(4-6-11)12-7-8-13(15)16-9-12/h3-9H,1-2H3. The number of rotatable bonds is 2. The first-order chi connectivity index (χ1) is 8.58. The summed E-state index contributed by atoms with van der Waals surface area (Å²) < 4.78 is 12.7. The molecule has 0 saturated heterocycles. The van der Waals surface area contributed by atoms with Gasteiger partial charge in [-0.05, 0) is 29.8 Å². The van der Waals surface area contributed by atoms with E-state index in [9.17, 15) is 9.18 Å². The molecule has 0 unspecified atom stereocenters. The van der Waals surface area contributed by atoms with Crippen LogP contribution < -0.4 is 0 Å². The summed E-state index contributed by atoms with van der Waals surface area (Å²) in [5.41, 5.74) is 2.34. The van der Waals surface area contributed by atoms with Crippen molar-refractivity contribution in [3.05, 3.63) is 54.1 Å². The Morgan fingerprint density at radius 1 is 1.06 bits per heavy atom. The van der Waals surface area contributed by atoms with Crippen molar-refractivity contribution in [2.75, 3.05) is 14.1 Å². The van der Waals surface area contributed by atoms with Gasteiger partial charge in [0.2, 0.25) is 5.95 Å². The van der Waals surface area contributed by atoms with E-state index in [2.05, 4.69) is 4.98 Å². The van der Waals surface area contributed by atoms with Crippen molar-refractivity contribution in [3.63, 3.8) is 0 Å². The molecule has 0 aliphatic carbocycles. The second-order valence-electron chi connectivity index (χ2n) is 4.15. The highest BCUT2D eigenvalue weighted by Gasteiger charge is 2.07. The van der Waals surface area contributed by atoms with Crippen LogP contribution in [0.25, 0.3) is 11.1 Å². The van der Waals surface area contributed by atoms with E-state index in [0.717, 1.165) is 11.1 Å². The lowest BCUT2D eigenvalue weighted by molar-refractivity contribution is 0.0827. The molecule has 0 aliphatic rings. The highest BCUT2D eigenvalue weighted by Crippen LogP contribution is 2.19. The molecule has 2 aromatic rings. The predicted molar refractivity (Wildman–Crippen MR) is 67.6 cm³/mol. The number of halogens is 1. The van der Waals surface area contributed by atoms with Gasteiger partial charge in [0, 0.05) is 31.4 Å². The summed E-state index contributed by atoms with van der Waals surface area (Å²) in [5.74, 6) is -0.545. The molecule has 0 N–H and O–H groups in total. The van der Waals surface area contributed by atoms with Gasteiger partial charge in [0.15, 0.2) is 0 Å². The number of carbonyl (C=O) groups is 1. The van der Waals surface area contributed by atoms with Crippen molar-refractivity contribution >= 4 is 5.91 Å². The van der Waals surface area contributed by atoms with Gasteiger partial charge in [-0.2, -0.15) is 4.39 Å². The largest absolute Gasteiger partial charge is 0.345 e. The van der Waals surface area contributed by atoms with Gasteiger partial charge in [0.25, 0.3) is 5.91 Å². The van der Waals surface area contributed by atoms with Crippen LogP contribution in [0, 0.1) is 5.95 Å². The molecule has 0 spiro atoms. The molecule has 1 amide bonds. The third kappa shape index (κ3) is 2.53. The lowest BCUT2D eigenvalue weighted by Crippen LogP contribution is -2.21. The Labute approximate surface area is 105 Å². The Hall–Kier alpha value is -2.23. The number of aromatic nitrogens is 1. The van der Waals surface area contributed by atoms with E-state index in [4.69, 9.17) is 0 Å². The third-order valence-electron chi connectivity index (χ3n) is 2.60. The van der Waals surface area contributed by atoms with E-state index in [-0.39, 0.29) is 5.91 Å². The zero-order chi connectivity index (χ0) is 13.1. The Balaban J connectivity index is 2.27. The van der Waals surface area contributed by atoms with E-state index in [0.29, 0.717) is 5.56 Å². The third-order valence-corrected chi connectivity index (χ3v) is 2.60. The minimum Gasteiger partial charge on any atom is -0.345 e. The van der Waals surface area contributed by atoms with Gasteiger partial charge >= 0.3 is 0 Å². The van der Waals surface area contributed by atoms with Gasteiger partial charge in [-0.3, -0.25) is 4.79 Å². The van der Waals surface area contributed by atoms with Crippen molar-refractivity contribution in [2.24, 2.45) is 0 Å². The lowest BCUT2D eigenvalue weighted by Gasteiger charge is -2.10. The second-order valence-corrected chi connectivity index (χ2v) is 4.15. The minimum absolute atomic E-state index is 0.0428. The van der Waals surface area contributed by atoms with Crippen LogP contribution in [0.3, 0.4) is 0 Å². The highest BCUT2D eigenvalue weighted by atomic mass is 19.1. The molecule has 0 bridgehead atoms. The van der Waals surface area contributed by atoms with Crippen LogP contribution in [-0.4, -0.2) is 29.9 Å². The van der Waals surface area contributed by atoms with Crippen molar-refractivity contribution in [1.82, 2.24) is 9.88 Å². The smallest absolute Gasteiger partial charge is 0.253 e. The number of pyridine rings is 1. The zero-order valence-electron chi connectivity index (χ0n) is 10.2. The maximum Gasteiger partial charge on any atom is 0.253 e. The summed E-state index contributed by atoms with van der Waals surface area (Å²) in [6.45, 7) is 0. The first-order valence-electron chi connectivity index (χ1n) is 5.51. The van der Waals surface area contributed by atoms with Crippen molar-refractivity contribution < 1.29 is 9.18 Å².